The number of nitrogen functional groups attached to an aromatic ring is 1. The number of hydrogen-bond donors (Lipinski definition) is 1. The smallest absolute Gasteiger partial charge is 0.0712 e. The number of nitrogens with two attached hydrogens (primary N) is 1. The molecule has 2 nitrogen and oxygen atoms in total. The van der Waals surface area contributed by atoms with Crippen molar-refractivity contribution in [2.75, 3.05) is 5.73 Å². The van der Waals surface area contributed by atoms with Crippen molar-refractivity contribution in [1.29, 1.82) is 0 Å². The molecule has 0 aliphatic carbocycles. The maximum Gasteiger partial charge on any atom is 0.0712 e. The number of hydrogen-bond acceptors (Lipinski definition) is 1. The quantitative estimate of drug-likeness (QED) is 0.621. The second-order valence-electron chi connectivity index (χ2n) is 2.86. The molecule has 0 saturated heterocycles. The number of rotatable bonds is 0. The van der Waals surface area contributed by atoms with Gasteiger partial charge in [-0.3, -0.25) is 0 Å². The molecule has 0 atom stereocenters. The maximum atomic E-state index is 5.84. The van der Waals surface area contributed by atoms with Crippen LogP contribution in [0.5, 0.6) is 0 Å². The lowest BCUT2D eigenvalue weighted by molar-refractivity contribution is 0.970. The molecule has 3 heteroatoms. The minimum absolute atomic E-state index is 0.686. The van der Waals surface area contributed by atoms with Gasteiger partial charge in [0.25, 0.3) is 0 Å². The van der Waals surface area contributed by atoms with E-state index < -0.39 is 0 Å². The van der Waals surface area contributed by atoms with E-state index in [9.17, 15) is 0 Å². The molecule has 0 spiro atoms. The Labute approximate surface area is 75.5 Å². The summed E-state index contributed by atoms with van der Waals surface area (Å²) in [7, 11) is 1.96. The zero-order chi connectivity index (χ0) is 8.72. The van der Waals surface area contributed by atoms with E-state index in [4.69, 9.17) is 17.3 Å². The molecule has 0 fully saturated rings. The van der Waals surface area contributed by atoms with Gasteiger partial charge in [-0.2, -0.15) is 0 Å². The largest absolute Gasteiger partial charge is 0.397 e. The third-order valence-electron chi connectivity index (χ3n) is 1.96. The van der Waals surface area contributed by atoms with Crippen molar-refractivity contribution < 1.29 is 0 Å². The van der Waals surface area contributed by atoms with E-state index in [1.165, 1.54) is 0 Å². The molecule has 0 amide bonds. The summed E-state index contributed by atoms with van der Waals surface area (Å²) in [4.78, 5) is 0. The van der Waals surface area contributed by atoms with Crippen molar-refractivity contribution in [2.24, 2.45) is 7.05 Å². The third kappa shape index (κ3) is 0.959. The van der Waals surface area contributed by atoms with E-state index in [0.29, 0.717) is 5.02 Å². The van der Waals surface area contributed by atoms with Crippen molar-refractivity contribution in [3.05, 3.63) is 29.4 Å². The molecule has 1 heterocycles. The second kappa shape index (κ2) is 2.42. The molecule has 0 bridgehead atoms. The van der Waals surface area contributed by atoms with Crippen molar-refractivity contribution in [1.82, 2.24) is 4.57 Å². The molecule has 0 saturated carbocycles. The molecule has 12 heavy (non-hydrogen) atoms. The topological polar surface area (TPSA) is 30.9 Å². The molecule has 0 aliphatic heterocycles. The number of anilines is 1. The van der Waals surface area contributed by atoms with Gasteiger partial charge in [-0.25, -0.2) is 0 Å². The lowest BCUT2D eigenvalue weighted by atomic mass is 10.2. The standard InChI is InChI=1S/C9H9ClN2/c1-12-3-2-6-4-7(10)5-8(11)9(6)12/h2-5H,11H2,1H3. The van der Waals surface area contributed by atoms with Crippen LogP contribution in [-0.4, -0.2) is 4.57 Å². The number of nitrogens with zero attached hydrogens (tertiary/aromatic N) is 1. The van der Waals surface area contributed by atoms with Gasteiger partial charge in [-0.05, 0) is 18.2 Å². The van der Waals surface area contributed by atoms with Gasteiger partial charge in [0.1, 0.15) is 0 Å². The summed E-state index contributed by atoms with van der Waals surface area (Å²) >= 11 is 5.84. The molecule has 0 unspecified atom stereocenters. The Hall–Kier alpha value is -1.15. The lowest BCUT2D eigenvalue weighted by Crippen LogP contribution is -1.91. The highest BCUT2D eigenvalue weighted by atomic mass is 35.5. The van der Waals surface area contributed by atoms with Gasteiger partial charge in [0.15, 0.2) is 0 Å². The van der Waals surface area contributed by atoms with Crippen LogP contribution in [0, 0.1) is 0 Å². The Bertz CT molecular complexity index is 431. The molecular formula is C9H9ClN2. The first-order chi connectivity index (χ1) is 5.68. The molecule has 2 N–H and O–H groups in total. The first kappa shape index (κ1) is 7.50. The molecular weight excluding hydrogens is 172 g/mol. The number of aryl methyl sites for hydroxylation is 1. The van der Waals surface area contributed by atoms with Gasteiger partial charge >= 0.3 is 0 Å². The van der Waals surface area contributed by atoms with Crippen LogP contribution in [0.2, 0.25) is 5.02 Å². The third-order valence-corrected chi connectivity index (χ3v) is 2.18. The lowest BCUT2D eigenvalue weighted by Gasteiger charge is -2.01. The monoisotopic (exact) mass is 180 g/mol. The van der Waals surface area contributed by atoms with E-state index in [1.54, 1.807) is 6.07 Å². The summed E-state index contributed by atoms with van der Waals surface area (Å²) in [6, 6.07) is 5.68. The summed E-state index contributed by atoms with van der Waals surface area (Å²) in [6.45, 7) is 0. The average molecular weight is 181 g/mol. The van der Waals surface area contributed by atoms with E-state index in [2.05, 4.69) is 0 Å². The van der Waals surface area contributed by atoms with Crippen molar-refractivity contribution >= 4 is 28.2 Å². The van der Waals surface area contributed by atoms with Crippen molar-refractivity contribution in [3.8, 4) is 0 Å². The van der Waals surface area contributed by atoms with Crippen LogP contribution in [-0.2, 0) is 7.05 Å². The van der Waals surface area contributed by atoms with Crippen LogP contribution in [0.25, 0.3) is 10.9 Å². The molecule has 2 aromatic rings. The highest BCUT2D eigenvalue weighted by Crippen LogP contribution is 2.25. The molecule has 0 aliphatic rings. The fourth-order valence-electron chi connectivity index (χ4n) is 1.44. The summed E-state index contributed by atoms with van der Waals surface area (Å²) in [5, 5.41) is 1.77. The van der Waals surface area contributed by atoms with Crippen LogP contribution in [0.3, 0.4) is 0 Å². The summed E-state index contributed by atoms with van der Waals surface area (Å²) in [5.41, 5.74) is 7.56. The minimum atomic E-state index is 0.686. The Balaban J connectivity index is 2.93. The fourth-order valence-corrected chi connectivity index (χ4v) is 1.68. The molecule has 62 valence electrons. The maximum absolute atomic E-state index is 5.84. The number of benzene rings is 1. The highest BCUT2D eigenvalue weighted by molar-refractivity contribution is 6.31. The van der Waals surface area contributed by atoms with E-state index >= 15 is 0 Å². The highest BCUT2D eigenvalue weighted by Gasteiger charge is 2.02. The summed E-state index contributed by atoms with van der Waals surface area (Å²) in [6.07, 6.45) is 1.97. The molecule has 1 aromatic heterocycles. The summed E-state index contributed by atoms with van der Waals surface area (Å²) in [5.74, 6) is 0. The van der Waals surface area contributed by atoms with Crippen molar-refractivity contribution in [3.63, 3.8) is 0 Å². The van der Waals surface area contributed by atoms with Crippen LogP contribution < -0.4 is 5.73 Å². The minimum Gasteiger partial charge on any atom is -0.397 e. The van der Waals surface area contributed by atoms with Gasteiger partial charge in [0.05, 0.1) is 11.2 Å². The molecule has 1 aromatic carbocycles. The van der Waals surface area contributed by atoms with Crippen LogP contribution >= 0.6 is 11.6 Å². The van der Waals surface area contributed by atoms with Gasteiger partial charge < -0.3 is 10.3 Å². The van der Waals surface area contributed by atoms with Gasteiger partial charge in [0.2, 0.25) is 0 Å². The predicted molar refractivity (Wildman–Crippen MR) is 52.3 cm³/mol. The second-order valence-corrected chi connectivity index (χ2v) is 3.30. The predicted octanol–water partition coefficient (Wildman–Crippen LogP) is 2.41. The number of halogens is 1. The van der Waals surface area contributed by atoms with Crippen LogP contribution in [0.4, 0.5) is 5.69 Å². The number of aromatic nitrogens is 1. The zero-order valence-electron chi connectivity index (χ0n) is 6.71. The van der Waals surface area contributed by atoms with Crippen LogP contribution in [0.15, 0.2) is 24.4 Å². The molecule has 0 radical (unpaired) electrons. The Morgan fingerprint density at radius 2 is 2.17 bits per heavy atom. The Morgan fingerprint density at radius 1 is 1.42 bits per heavy atom. The Kier molecular flexibility index (Phi) is 1.51. The normalized spacial score (nSPS) is 10.8. The SMILES string of the molecule is Cn1ccc2cc(Cl)cc(N)c21. The summed E-state index contributed by atoms with van der Waals surface area (Å²) < 4.78 is 1.99. The van der Waals surface area contributed by atoms with E-state index in [1.807, 2.05) is 29.9 Å². The van der Waals surface area contributed by atoms with Crippen molar-refractivity contribution in [2.45, 2.75) is 0 Å². The molecule has 2 rings (SSSR count). The van der Waals surface area contributed by atoms with E-state index in [-0.39, 0.29) is 0 Å². The average Bonchev–Trinajstić information content (AvgIpc) is 2.31. The Morgan fingerprint density at radius 3 is 2.92 bits per heavy atom. The van der Waals surface area contributed by atoms with Crippen LogP contribution in [0.1, 0.15) is 0 Å². The zero-order valence-corrected chi connectivity index (χ0v) is 7.47. The van der Waals surface area contributed by atoms with Gasteiger partial charge in [-0.15, -0.1) is 0 Å². The van der Waals surface area contributed by atoms with E-state index in [0.717, 1.165) is 16.6 Å². The van der Waals surface area contributed by atoms with Gasteiger partial charge in [0, 0.05) is 23.7 Å². The fraction of sp³-hybridized carbons (Fsp3) is 0.111. The first-order valence-electron chi connectivity index (χ1n) is 3.68. The number of fused-ring (bicyclic) bond motifs is 1. The first-order valence-corrected chi connectivity index (χ1v) is 4.06. The van der Waals surface area contributed by atoms with Gasteiger partial charge in [-0.1, -0.05) is 11.6 Å².